The maximum absolute atomic E-state index is 12.2. The number of ether oxygens (including phenoxy) is 4. The van der Waals surface area contributed by atoms with Crippen LogP contribution in [0.15, 0.2) is 42.5 Å². The van der Waals surface area contributed by atoms with E-state index in [9.17, 15) is 4.79 Å². The molecule has 120 valence electrons. The van der Waals surface area contributed by atoms with Gasteiger partial charge in [0.25, 0.3) is 0 Å². The van der Waals surface area contributed by atoms with Gasteiger partial charge in [0.05, 0.1) is 19.8 Å². The van der Waals surface area contributed by atoms with Gasteiger partial charge in [-0.1, -0.05) is 18.2 Å². The second kappa shape index (κ2) is 6.60. The van der Waals surface area contributed by atoms with E-state index in [1.165, 1.54) is 0 Å². The number of hydrogen-bond acceptors (Lipinski definition) is 5. The minimum atomic E-state index is -0.352. The van der Waals surface area contributed by atoms with Crippen LogP contribution in [0, 0.1) is 0 Å². The fraction of sp³-hybridized carbons (Fsp3) is 0.278. The van der Waals surface area contributed by atoms with Gasteiger partial charge < -0.3 is 18.9 Å². The maximum Gasteiger partial charge on any atom is 0.338 e. The van der Waals surface area contributed by atoms with Crippen molar-refractivity contribution in [3.8, 4) is 17.2 Å². The zero-order valence-electron chi connectivity index (χ0n) is 13.1. The third-order valence-corrected chi connectivity index (χ3v) is 3.74. The molecule has 0 saturated carbocycles. The summed E-state index contributed by atoms with van der Waals surface area (Å²) in [4.78, 5) is 12.2. The second-order valence-corrected chi connectivity index (χ2v) is 5.21. The summed E-state index contributed by atoms with van der Waals surface area (Å²) < 4.78 is 21.9. The molecular formula is C18H18O5. The first kappa shape index (κ1) is 15.2. The lowest BCUT2D eigenvalue weighted by Gasteiger charge is -2.27. The van der Waals surface area contributed by atoms with Crippen molar-refractivity contribution in [2.24, 2.45) is 0 Å². The standard InChI is InChI=1S/C18H18O5/c1-20-13-9-16(21-2)15-8-14(11-22-17(15)10-13)23-18(19)12-6-4-3-5-7-12/h3-7,9-10,14H,8,11H2,1-2H3. The molecule has 3 rings (SSSR count). The Morgan fingerprint density at radius 3 is 2.61 bits per heavy atom. The molecule has 23 heavy (non-hydrogen) atoms. The Morgan fingerprint density at radius 1 is 1.13 bits per heavy atom. The molecule has 0 amide bonds. The van der Waals surface area contributed by atoms with Crippen LogP contribution in [0.4, 0.5) is 0 Å². The van der Waals surface area contributed by atoms with E-state index in [1.54, 1.807) is 44.6 Å². The van der Waals surface area contributed by atoms with Gasteiger partial charge in [-0.2, -0.15) is 0 Å². The molecule has 1 aliphatic rings. The molecule has 2 aromatic carbocycles. The van der Waals surface area contributed by atoms with E-state index in [1.807, 2.05) is 12.1 Å². The molecule has 1 unspecified atom stereocenters. The Morgan fingerprint density at radius 2 is 1.91 bits per heavy atom. The molecule has 0 fully saturated rings. The summed E-state index contributed by atoms with van der Waals surface area (Å²) in [6.45, 7) is 0.307. The molecule has 5 nitrogen and oxygen atoms in total. The smallest absolute Gasteiger partial charge is 0.338 e. The zero-order valence-corrected chi connectivity index (χ0v) is 13.1. The highest BCUT2D eigenvalue weighted by Gasteiger charge is 2.27. The second-order valence-electron chi connectivity index (χ2n) is 5.21. The first-order valence-electron chi connectivity index (χ1n) is 7.35. The lowest BCUT2D eigenvalue weighted by atomic mass is 10.0. The Labute approximate surface area is 134 Å². The topological polar surface area (TPSA) is 54.0 Å². The maximum atomic E-state index is 12.2. The molecule has 0 N–H and O–H groups in total. The van der Waals surface area contributed by atoms with E-state index in [0.717, 1.165) is 5.56 Å². The zero-order chi connectivity index (χ0) is 16.2. The molecule has 1 heterocycles. The summed E-state index contributed by atoms with van der Waals surface area (Å²) in [7, 11) is 3.18. The van der Waals surface area contributed by atoms with Crippen LogP contribution in [0.3, 0.4) is 0 Å². The molecule has 5 heteroatoms. The molecule has 1 atom stereocenters. The average Bonchev–Trinajstić information content (AvgIpc) is 2.61. The minimum Gasteiger partial charge on any atom is -0.496 e. The molecule has 0 radical (unpaired) electrons. The van der Waals surface area contributed by atoms with Crippen molar-refractivity contribution in [1.29, 1.82) is 0 Å². The number of fused-ring (bicyclic) bond motifs is 1. The number of carbonyl (C=O) groups excluding carboxylic acids is 1. The van der Waals surface area contributed by atoms with Gasteiger partial charge in [0.2, 0.25) is 0 Å². The van der Waals surface area contributed by atoms with Crippen molar-refractivity contribution in [3.05, 3.63) is 53.6 Å². The van der Waals surface area contributed by atoms with Crippen molar-refractivity contribution in [3.63, 3.8) is 0 Å². The molecule has 0 aromatic heterocycles. The average molecular weight is 314 g/mol. The quantitative estimate of drug-likeness (QED) is 0.812. The Hall–Kier alpha value is -2.69. The van der Waals surface area contributed by atoms with E-state index < -0.39 is 0 Å². The van der Waals surface area contributed by atoms with Crippen molar-refractivity contribution in [2.45, 2.75) is 12.5 Å². The van der Waals surface area contributed by atoms with Crippen LogP contribution in [-0.4, -0.2) is 32.9 Å². The fourth-order valence-corrected chi connectivity index (χ4v) is 2.56. The third-order valence-electron chi connectivity index (χ3n) is 3.74. The molecule has 0 aliphatic carbocycles. The third kappa shape index (κ3) is 3.23. The van der Waals surface area contributed by atoms with Crippen LogP contribution in [0.1, 0.15) is 15.9 Å². The van der Waals surface area contributed by atoms with Crippen LogP contribution in [0.5, 0.6) is 17.2 Å². The number of rotatable bonds is 4. The molecular weight excluding hydrogens is 296 g/mol. The first-order valence-corrected chi connectivity index (χ1v) is 7.35. The number of benzene rings is 2. The van der Waals surface area contributed by atoms with Crippen molar-refractivity contribution in [1.82, 2.24) is 0 Å². The number of esters is 1. The van der Waals surface area contributed by atoms with Crippen molar-refractivity contribution >= 4 is 5.97 Å². The Kier molecular flexibility index (Phi) is 4.37. The summed E-state index contributed by atoms with van der Waals surface area (Å²) >= 11 is 0. The predicted molar refractivity (Wildman–Crippen MR) is 84.4 cm³/mol. The molecule has 2 aromatic rings. The van der Waals surface area contributed by atoms with Crippen LogP contribution < -0.4 is 14.2 Å². The monoisotopic (exact) mass is 314 g/mol. The Balaban J connectivity index is 1.76. The van der Waals surface area contributed by atoms with Crippen LogP contribution in [-0.2, 0) is 11.2 Å². The number of hydrogen-bond donors (Lipinski definition) is 0. The molecule has 0 spiro atoms. The van der Waals surface area contributed by atoms with E-state index in [4.69, 9.17) is 18.9 Å². The SMILES string of the molecule is COc1cc(OC)c2c(c1)OCC(OC(=O)c1ccccc1)C2. The van der Waals surface area contributed by atoms with E-state index in [2.05, 4.69) is 0 Å². The van der Waals surface area contributed by atoms with Crippen molar-refractivity contribution < 1.29 is 23.7 Å². The highest BCUT2D eigenvalue weighted by molar-refractivity contribution is 5.89. The summed E-state index contributed by atoms with van der Waals surface area (Å²) in [5, 5.41) is 0. The van der Waals surface area contributed by atoms with Gasteiger partial charge in [-0.25, -0.2) is 4.79 Å². The predicted octanol–water partition coefficient (Wildman–Crippen LogP) is 2.86. The van der Waals surface area contributed by atoms with Gasteiger partial charge in [-0.3, -0.25) is 0 Å². The van der Waals surface area contributed by atoms with Gasteiger partial charge in [0.15, 0.2) is 0 Å². The summed E-state index contributed by atoms with van der Waals surface area (Å²) in [5.41, 5.74) is 1.41. The summed E-state index contributed by atoms with van der Waals surface area (Å²) in [6.07, 6.45) is 0.193. The number of methoxy groups -OCH3 is 2. The lowest BCUT2D eigenvalue weighted by Crippen LogP contribution is -2.31. The molecule has 1 aliphatic heterocycles. The summed E-state index contributed by atoms with van der Waals surface area (Å²) in [6, 6.07) is 12.5. The van der Waals surface area contributed by atoms with E-state index in [-0.39, 0.29) is 12.1 Å². The van der Waals surface area contributed by atoms with Crippen LogP contribution in [0.25, 0.3) is 0 Å². The van der Waals surface area contributed by atoms with Gasteiger partial charge in [-0.05, 0) is 12.1 Å². The normalized spacial score (nSPS) is 16.0. The van der Waals surface area contributed by atoms with Gasteiger partial charge >= 0.3 is 5.97 Å². The van der Waals surface area contributed by atoms with Gasteiger partial charge in [0.1, 0.15) is 30.0 Å². The fourth-order valence-electron chi connectivity index (χ4n) is 2.56. The van der Waals surface area contributed by atoms with Crippen molar-refractivity contribution in [2.75, 3.05) is 20.8 Å². The van der Waals surface area contributed by atoms with Gasteiger partial charge in [0, 0.05) is 24.1 Å². The Bertz CT molecular complexity index is 679. The van der Waals surface area contributed by atoms with E-state index >= 15 is 0 Å². The minimum absolute atomic E-state index is 0.307. The molecule has 0 bridgehead atoms. The first-order chi connectivity index (χ1) is 11.2. The largest absolute Gasteiger partial charge is 0.496 e. The van der Waals surface area contributed by atoms with Crippen LogP contribution in [0.2, 0.25) is 0 Å². The highest BCUT2D eigenvalue weighted by atomic mass is 16.6. The van der Waals surface area contributed by atoms with Crippen LogP contribution >= 0.6 is 0 Å². The highest BCUT2D eigenvalue weighted by Crippen LogP contribution is 2.37. The number of carbonyl (C=O) groups is 1. The van der Waals surface area contributed by atoms with Gasteiger partial charge in [-0.15, -0.1) is 0 Å². The molecule has 0 saturated heterocycles. The van der Waals surface area contributed by atoms with E-state index in [0.29, 0.717) is 35.8 Å². The lowest BCUT2D eigenvalue weighted by molar-refractivity contribution is 0.0128. The summed E-state index contributed by atoms with van der Waals surface area (Å²) in [5.74, 6) is 1.68.